The van der Waals surface area contributed by atoms with E-state index in [0.29, 0.717) is 17.2 Å². The summed E-state index contributed by atoms with van der Waals surface area (Å²) < 4.78 is 0. The summed E-state index contributed by atoms with van der Waals surface area (Å²) in [5, 5.41) is 15.2. The van der Waals surface area contributed by atoms with Crippen LogP contribution in [-0.2, 0) is 0 Å². The Morgan fingerprint density at radius 3 is 2.58 bits per heavy atom. The lowest BCUT2D eigenvalue weighted by Crippen LogP contribution is -2.04. The fraction of sp³-hybridized carbons (Fsp3) is 0.105. The summed E-state index contributed by atoms with van der Waals surface area (Å²) in [5.41, 5.74) is 6.71. The van der Waals surface area contributed by atoms with E-state index in [2.05, 4.69) is 20.5 Å². The van der Waals surface area contributed by atoms with Crippen molar-refractivity contribution in [3.8, 4) is 11.3 Å². The van der Waals surface area contributed by atoms with Crippen molar-refractivity contribution in [2.75, 3.05) is 5.43 Å². The summed E-state index contributed by atoms with van der Waals surface area (Å²) in [6.07, 6.45) is 0. The number of hydrazone groups is 1. The number of hydrogen-bond acceptors (Lipinski definition) is 6. The first-order valence-electron chi connectivity index (χ1n) is 7.99. The van der Waals surface area contributed by atoms with Crippen molar-refractivity contribution in [1.82, 2.24) is 9.97 Å². The van der Waals surface area contributed by atoms with Gasteiger partial charge in [-0.25, -0.2) is 15.4 Å². The number of aromatic nitrogens is 2. The molecule has 0 spiro atoms. The van der Waals surface area contributed by atoms with Crippen molar-refractivity contribution >= 4 is 17.3 Å². The number of benzene rings is 2. The summed E-state index contributed by atoms with van der Waals surface area (Å²) in [6, 6.07) is 18.0. The fourth-order valence-corrected chi connectivity index (χ4v) is 2.42. The Hall–Kier alpha value is -3.61. The molecule has 1 N–H and O–H groups in total. The molecule has 7 nitrogen and oxygen atoms in total. The molecule has 3 rings (SSSR count). The summed E-state index contributed by atoms with van der Waals surface area (Å²) in [4.78, 5) is 19.3. The SMILES string of the molecule is C/C(=N/Nc1nc(C)cc(-c2ccccc2)n1)c1cccc([N+](=O)[O-])c1. The number of nitro groups is 1. The Labute approximate surface area is 150 Å². The molecule has 3 aromatic rings. The van der Waals surface area contributed by atoms with E-state index >= 15 is 0 Å². The predicted molar refractivity (Wildman–Crippen MR) is 101 cm³/mol. The van der Waals surface area contributed by atoms with Gasteiger partial charge >= 0.3 is 0 Å². The van der Waals surface area contributed by atoms with Gasteiger partial charge in [0, 0.05) is 29.0 Å². The second-order valence-electron chi connectivity index (χ2n) is 5.70. The number of anilines is 1. The Bertz CT molecular complexity index is 971. The van der Waals surface area contributed by atoms with Gasteiger partial charge in [0.05, 0.1) is 16.3 Å². The zero-order valence-electron chi connectivity index (χ0n) is 14.4. The lowest BCUT2D eigenvalue weighted by atomic mass is 10.1. The van der Waals surface area contributed by atoms with E-state index in [1.807, 2.05) is 43.3 Å². The van der Waals surface area contributed by atoms with Crippen LogP contribution in [0.3, 0.4) is 0 Å². The Morgan fingerprint density at radius 2 is 1.85 bits per heavy atom. The van der Waals surface area contributed by atoms with Crippen LogP contribution in [0.4, 0.5) is 11.6 Å². The van der Waals surface area contributed by atoms with Gasteiger partial charge < -0.3 is 0 Å². The molecule has 1 heterocycles. The van der Waals surface area contributed by atoms with Crippen LogP contribution in [0.25, 0.3) is 11.3 Å². The molecule has 0 unspecified atom stereocenters. The first-order valence-corrected chi connectivity index (χ1v) is 7.99. The zero-order chi connectivity index (χ0) is 18.5. The van der Waals surface area contributed by atoms with Gasteiger partial charge in [-0.2, -0.15) is 5.10 Å². The normalized spacial score (nSPS) is 11.2. The Morgan fingerprint density at radius 1 is 1.08 bits per heavy atom. The van der Waals surface area contributed by atoms with Gasteiger partial charge in [-0.15, -0.1) is 0 Å². The molecule has 0 saturated carbocycles. The highest BCUT2D eigenvalue weighted by molar-refractivity contribution is 5.99. The fourth-order valence-electron chi connectivity index (χ4n) is 2.42. The number of non-ortho nitro benzene ring substituents is 1. The molecule has 26 heavy (non-hydrogen) atoms. The van der Waals surface area contributed by atoms with Crippen LogP contribution in [0.1, 0.15) is 18.2 Å². The molecule has 0 atom stereocenters. The monoisotopic (exact) mass is 347 g/mol. The van der Waals surface area contributed by atoms with Gasteiger partial charge in [0.2, 0.25) is 5.95 Å². The molecular weight excluding hydrogens is 330 g/mol. The molecule has 0 radical (unpaired) electrons. The molecule has 1 aromatic heterocycles. The van der Waals surface area contributed by atoms with Crippen molar-refractivity contribution in [3.63, 3.8) is 0 Å². The zero-order valence-corrected chi connectivity index (χ0v) is 14.4. The van der Waals surface area contributed by atoms with E-state index in [4.69, 9.17) is 0 Å². The van der Waals surface area contributed by atoms with Crippen LogP contribution in [0, 0.1) is 17.0 Å². The van der Waals surface area contributed by atoms with Crippen LogP contribution in [0.15, 0.2) is 65.8 Å². The average Bonchev–Trinajstić information content (AvgIpc) is 2.66. The first-order chi connectivity index (χ1) is 12.5. The van der Waals surface area contributed by atoms with Crippen molar-refractivity contribution in [2.24, 2.45) is 5.10 Å². The van der Waals surface area contributed by atoms with Crippen LogP contribution >= 0.6 is 0 Å². The topological polar surface area (TPSA) is 93.3 Å². The summed E-state index contributed by atoms with van der Waals surface area (Å²) >= 11 is 0. The molecule has 0 bridgehead atoms. The molecule has 0 amide bonds. The number of aryl methyl sites for hydroxylation is 1. The molecule has 130 valence electrons. The predicted octanol–water partition coefficient (Wildman–Crippen LogP) is 4.20. The standard InChI is InChI=1S/C19H17N5O2/c1-13-11-18(15-7-4-3-5-8-15)21-19(20-13)23-22-14(2)16-9-6-10-17(12-16)24(25)26/h3-12H,1-2H3,(H,20,21,23)/b22-14-. The minimum absolute atomic E-state index is 0.0234. The largest absolute Gasteiger partial charge is 0.270 e. The van der Waals surface area contributed by atoms with Crippen molar-refractivity contribution in [3.05, 3.63) is 82.0 Å². The third-order valence-electron chi connectivity index (χ3n) is 3.72. The second-order valence-corrected chi connectivity index (χ2v) is 5.70. The number of nitro benzene ring substituents is 1. The maximum atomic E-state index is 10.9. The number of rotatable bonds is 5. The van der Waals surface area contributed by atoms with Gasteiger partial charge in [-0.3, -0.25) is 10.1 Å². The minimum Gasteiger partial charge on any atom is -0.258 e. The molecule has 0 saturated heterocycles. The lowest BCUT2D eigenvalue weighted by Gasteiger charge is -2.06. The number of hydrogen-bond donors (Lipinski definition) is 1. The third-order valence-corrected chi connectivity index (χ3v) is 3.72. The van der Waals surface area contributed by atoms with E-state index < -0.39 is 4.92 Å². The van der Waals surface area contributed by atoms with Crippen molar-refractivity contribution in [1.29, 1.82) is 0 Å². The molecule has 0 fully saturated rings. The van der Waals surface area contributed by atoms with E-state index in [0.717, 1.165) is 17.0 Å². The third kappa shape index (κ3) is 4.07. The van der Waals surface area contributed by atoms with E-state index in [1.165, 1.54) is 12.1 Å². The molecule has 2 aromatic carbocycles. The number of nitrogens with zero attached hydrogens (tertiary/aromatic N) is 4. The highest BCUT2D eigenvalue weighted by atomic mass is 16.6. The smallest absolute Gasteiger partial charge is 0.258 e. The van der Waals surface area contributed by atoms with Gasteiger partial charge in [-0.05, 0) is 19.9 Å². The van der Waals surface area contributed by atoms with Gasteiger partial charge in [0.1, 0.15) is 0 Å². The van der Waals surface area contributed by atoms with Gasteiger partial charge in [0.15, 0.2) is 0 Å². The molecule has 7 heteroatoms. The summed E-state index contributed by atoms with van der Waals surface area (Å²) in [5.74, 6) is 0.369. The lowest BCUT2D eigenvalue weighted by molar-refractivity contribution is -0.384. The molecule has 0 aliphatic heterocycles. The van der Waals surface area contributed by atoms with Crippen molar-refractivity contribution < 1.29 is 4.92 Å². The first kappa shape index (κ1) is 17.2. The van der Waals surface area contributed by atoms with Gasteiger partial charge in [-0.1, -0.05) is 42.5 Å². The minimum atomic E-state index is -0.431. The molecule has 0 aliphatic rings. The van der Waals surface area contributed by atoms with Crippen LogP contribution in [0.2, 0.25) is 0 Å². The average molecular weight is 347 g/mol. The van der Waals surface area contributed by atoms with Gasteiger partial charge in [0.25, 0.3) is 5.69 Å². The summed E-state index contributed by atoms with van der Waals surface area (Å²) in [7, 11) is 0. The van der Waals surface area contributed by atoms with Crippen LogP contribution < -0.4 is 5.43 Å². The van der Waals surface area contributed by atoms with Crippen molar-refractivity contribution in [2.45, 2.75) is 13.8 Å². The maximum absolute atomic E-state index is 10.9. The highest BCUT2D eigenvalue weighted by Gasteiger charge is 2.08. The van der Waals surface area contributed by atoms with E-state index in [-0.39, 0.29) is 5.69 Å². The Kier molecular flexibility index (Phi) is 4.98. The molecule has 0 aliphatic carbocycles. The van der Waals surface area contributed by atoms with E-state index in [1.54, 1.807) is 19.1 Å². The highest BCUT2D eigenvalue weighted by Crippen LogP contribution is 2.19. The van der Waals surface area contributed by atoms with Crippen LogP contribution in [0.5, 0.6) is 0 Å². The van der Waals surface area contributed by atoms with E-state index in [9.17, 15) is 10.1 Å². The Balaban J connectivity index is 1.85. The molecular formula is C19H17N5O2. The summed E-state index contributed by atoms with van der Waals surface area (Å²) in [6.45, 7) is 3.65. The maximum Gasteiger partial charge on any atom is 0.270 e. The number of nitrogens with one attached hydrogen (secondary N) is 1. The quantitative estimate of drug-likeness (QED) is 0.424. The van der Waals surface area contributed by atoms with Crippen LogP contribution in [-0.4, -0.2) is 20.6 Å². The second kappa shape index (κ2) is 7.52.